The molecule has 0 aliphatic rings. The van der Waals surface area contributed by atoms with Crippen LogP contribution in [0.25, 0.3) is 22.6 Å². The normalized spacial score (nSPS) is 11.5. The molecule has 0 unspecified atom stereocenters. The number of fused-ring (bicyclic) bond motifs is 3. The predicted molar refractivity (Wildman–Crippen MR) is 108 cm³/mol. The van der Waals surface area contributed by atoms with Gasteiger partial charge < -0.3 is 4.74 Å². The summed E-state index contributed by atoms with van der Waals surface area (Å²) in [5.41, 5.74) is 2.04. The quantitative estimate of drug-likeness (QED) is 0.520. The molecule has 0 atom stereocenters. The number of methoxy groups -OCH3 is 1. The number of carbonyl (C=O) groups excluding carboxylic acids is 1. The third kappa shape index (κ3) is 2.61. The Labute approximate surface area is 165 Å². The predicted octanol–water partition coefficient (Wildman–Crippen LogP) is 1.35. The second kappa shape index (κ2) is 6.47. The van der Waals surface area contributed by atoms with Gasteiger partial charge in [-0.1, -0.05) is 0 Å². The Bertz CT molecular complexity index is 1400. The van der Waals surface area contributed by atoms with Gasteiger partial charge in [0.25, 0.3) is 5.56 Å². The van der Waals surface area contributed by atoms with Gasteiger partial charge in [-0.25, -0.2) is 4.79 Å². The van der Waals surface area contributed by atoms with E-state index in [-0.39, 0.29) is 23.5 Å². The van der Waals surface area contributed by atoms with Crippen molar-refractivity contribution in [2.24, 2.45) is 7.05 Å². The molecule has 3 heterocycles. The van der Waals surface area contributed by atoms with Gasteiger partial charge in [0.15, 0.2) is 11.2 Å². The molecule has 150 valence electrons. The van der Waals surface area contributed by atoms with Gasteiger partial charge in [0.2, 0.25) is 5.78 Å². The maximum Gasteiger partial charge on any atom is 0.332 e. The van der Waals surface area contributed by atoms with Crippen molar-refractivity contribution in [3.63, 3.8) is 0 Å². The van der Waals surface area contributed by atoms with Crippen molar-refractivity contribution >= 4 is 22.7 Å². The van der Waals surface area contributed by atoms with E-state index in [4.69, 9.17) is 4.74 Å². The van der Waals surface area contributed by atoms with Crippen LogP contribution < -0.4 is 16.0 Å². The molecule has 1 aromatic carbocycles. The first-order valence-electron chi connectivity index (χ1n) is 9.10. The van der Waals surface area contributed by atoms with Crippen LogP contribution >= 0.6 is 0 Å². The third-order valence-corrected chi connectivity index (χ3v) is 5.23. The van der Waals surface area contributed by atoms with E-state index in [1.54, 1.807) is 18.6 Å². The summed E-state index contributed by atoms with van der Waals surface area (Å²) >= 11 is 0. The maximum atomic E-state index is 13.1. The average Bonchev–Trinajstić information content (AvgIpc) is 3.19. The van der Waals surface area contributed by atoms with E-state index in [0.29, 0.717) is 5.78 Å². The first kappa shape index (κ1) is 18.7. The minimum atomic E-state index is -0.566. The van der Waals surface area contributed by atoms with Crippen LogP contribution in [0, 0.1) is 13.8 Å². The Morgan fingerprint density at radius 2 is 1.76 bits per heavy atom. The number of rotatable bonds is 4. The fraction of sp³-hybridized carbons (Fsp3) is 0.300. The highest BCUT2D eigenvalue weighted by Gasteiger charge is 2.23. The minimum absolute atomic E-state index is 0.270. The fourth-order valence-electron chi connectivity index (χ4n) is 3.65. The smallest absolute Gasteiger partial charge is 0.332 e. The first-order valence-corrected chi connectivity index (χ1v) is 9.10. The van der Waals surface area contributed by atoms with Gasteiger partial charge in [-0.05, 0) is 45.0 Å². The maximum absolute atomic E-state index is 13.1. The third-order valence-electron chi connectivity index (χ3n) is 5.23. The molecule has 4 aromatic rings. The lowest BCUT2D eigenvalue weighted by Crippen LogP contribution is -2.40. The second-order valence-corrected chi connectivity index (χ2v) is 7.06. The monoisotopic (exact) mass is 395 g/mol. The molecule has 0 spiro atoms. The van der Waals surface area contributed by atoms with E-state index in [1.807, 2.05) is 42.7 Å². The van der Waals surface area contributed by atoms with Crippen LogP contribution in [0.5, 0.6) is 5.75 Å². The molecule has 0 radical (unpaired) electrons. The molecule has 3 aromatic heterocycles. The zero-order chi connectivity index (χ0) is 21.0. The summed E-state index contributed by atoms with van der Waals surface area (Å²) in [5.74, 6) is 0.982. The molecular formula is C20H21N5O4. The topological polar surface area (TPSA) is 92.5 Å². The summed E-state index contributed by atoms with van der Waals surface area (Å²) in [6.07, 6.45) is 0. The van der Waals surface area contributed by atoms with Crippen LogP contribution in [-0.4, -0.2) is 36.0 Å². The zero-order valence-corrected chi connectivity index (χ0v) is 16.9. The molecule has 0 saturated heterocycles. The van der Waals surface area contributed by atoms with Crippen LogP contribution in [0.15, 0.2) is 33.9 Å². The van der Waals surface area contributed by atoms with E-state index in [0.717, 1.165) is 27.4 Å². The van der Waals surface area contributed by atoms with E-state index < -0.39 is 11.2 Å². The van der Waals surface area contributed by atoms with E-state index in [9.17, 15) is 14.4 Å². The Morgan fingerprint density at radius 3 is 2.34 bits per heavy atom. The SMILES string of the molecule is COc1ccc(-n2c(C)c(C)n3c4c(=O)n(CC(C)=O)c(=O)n(C)c4nc23)cc1. The van der Waals surface area contributed by atoms with Crippen molar-refractivity contribution in [2.45, 2.75) is 27.3 Å². The molecule has 0 fully saturated rings. The van der Waals surface area contributed by atoms with Gasteiger partial charge >= 0.3 is 5.69 Å². The Kier molecular flexibility index (Phi) is 4.18. The Morgan fingerprint density at radius 1 is 1.10 bits per heavy atom. The molecule has 9 nitrogen and oxygen atoms in total. The molecule has 0 aliphatic carbocycles. The summed E-state index contributed by atoms with van der Waals surface area (Å²) in [6, 6.07) is 7.49. The lowest BCUT2D eigenvalue weighted by molar-refractivity contribution is -0.117. The average molecular weight is 395 g/mol. The highest BCUT2D eigenvalue weighted by Crippen LogP contribution is 2.25. The standard InChI is InChI=1S/C20H21N5O4/c1-11(26)10-23-18(27)16-17(22(4)20(23)28)21-19-24(12(2)13(3)25(16)19)14-6-8-15(29-5)9-7-14/h6-9H,10H2,1-5H3. The molecule has 0 bridgehead atoms. The summed E-state index contributed by atoms with van der Waals surface area (Å²) in [7, 11) is 3.15. The number of hydrogen-bond donors (Lipinski definition) is 0. The number of nitrogens with zero attached hydrogens (tertiary/aromatic N) is 5. The molecule has 0 amide bonds. The van der Waals surface area contributed by atoms with E-state index >= 15 is 0 Å². The number of ketones is 1. The molecule has 0 aliphatic heterocycles. The summed E-state index contributed by atoms with van der Waals surface area (Å²) in [5, 5.41) is 0. The molecular weight excluding hydrogens is 374 g/mol. The Balaban J connectivity index is 2.13. The van der Waals surface area contributed by atoms with Crippen molar-refractivity contribution < 1.29 is 9.53 Å². The van der Waals surface area contributed by atoms with Gasteiger partial charge in [0, 0.05) is 24.1 Å². The van der Waals surface area contributed by atoms with Gasteiger partial charge in [0.1, 0.15) is 11.5 Å². The number of aryl methyl sites for hydroxylation is 2. The summed E-state index contributed by atoms with van der Waals surface area (Å²) in [6.45, 7) is 4.91. The molecule has 0 N–H and O–H groups in total. The van der Waals surface area contributed by atoms with E-state index in [1.165, 1.54) is 11.5 Å². The summed E-state index contributed by atoms with van der Waals surface area (Å²) in [4.78, 5) is 41.9. The van der Waals surface area contributed by atoms with Crippen LogP contribution in [0.4, 0.5) is 0 Å². The number of benzene rings is 1. The molecule has 4 rings (SSSR count). The number of imidazole rings is 2. The van der Waals surface area contributed by atoms with Gasteiger partial charge in [-0.2, -0.15) is 4.98 Å². The van der Waals surface area contributed by atoms with Gasteiger partial charge in [-0.15, -0.1) is 0 Å². The summed E-state index contributed by atoms with van der Waals surface area (Å²) < 4.78 is 11.2. The highest BCUT2D eigenvalue weighted by atomic mass is 16.5. The highest BCUT2D eigenvalue weighted by molar-refractivity contribution is 5.79. The Hall–Kier alpha value is -3.62. The van der Waals surface area contributed by atoms with Crippen LogP contribution in [-0.2, 0) is 18.4 Å². The van der Waals surface area contributed by atoms with Crippen molar-refractivity contribution in [1.29, 1.82) is 0 Å². The fourth-order valence-corrected chi connectivity index (χ4v) is 3.65. The molecule has 9 heteroatoms. The van der Waals surface area contributed by atoms with Gasteiger partial charge in [0.05, 0.1) is 13.7 Å². The van der Waals surface area contributed by atoms with Crippen LogP contribution in [0.2, 0.25) is 0 Å². The minimum Gasteiger partial charge on any atom is -0.497 e. The first-order chi connectivity index (χ1) is 13.8. The van der Waals surface area contributed by atoms with Crippen molar-refractivity contribution in [3.05, 3.63) is 56.5 Å². The van der Waals surface area contributed by atoms with E-state index in [2.05, 4.69) is 4.98 Å². The van der Waals surface area contributed by atoms with Crippen LogP contribution in [0.3, 0.4) is 0 Å². The lowest BCUT2D eigenvalue weighted by atomic mass is 10.3. The second-order valence-electron chi connectivity index (χ2n) is 7.06. The molecule has 29 heavy (non-hydrogen) atoms. The van der Waals surface area contributed by atoms with Gasteiger partial charge in [-0.3, -0.25) is 27.7 Å². The zero-order valence-electron chi connectivity index (χ0n) is 16.9. The number of carbonyl (C=O) groups is 1. The number of aromatic nitrogens is 5. The lowest BCUT2D eigenvalue weighted by Gasteiger charge is -2.08. The number of Topliss-reactive ketones (excluding diaryl/α,β-unsaturated/α-hetero) is 1. The van der Waals surface area contributed by atoms with Crippen molar-refractivity contribution in [3.8, 4) is 11.4 Å². The number of ether oxygens (including phenoxy) is 1. The number of hydrogen-bond acceptors (Lipinski definition) is 5. The largest absolute Gasteiger partial charge is 0.497 e. The van der Waals surface area contributed by atoms with Crippen molar-refractivity contribution in [1.82, 2.24) is 23.1 Å². The molecule has 0 saturated carbocycles. The van der Waals surface area contributed by atoms with Crippen LogP contribution in [0.1, 0.15) is 18.3 Å². The van der Waals surface area contributed by atoms with Crippen molar-refractivity contribution in [2.75, 3.05) is 7.11 Å².